The molecule has 2 atom stereocenters. The summed E-state index contributed by atoms with van der Waals surface area (Å²) in [4.78, 5) is 24.4. The number of halogens is 2. The number of benzene rings is 2. The van der Waals surface area contributed by atoms with Crippen LogP contribution in [-0.2, 0) is 16.1 Å². The van der Waals surface area contributed by atoms with E-state index in [2.05, 4.69) is 10.6 Å². The van der Waals surface area contributed by atoms with Crippen LogP contribution in [0.4, 0.5) is 14.5 Å². The molecule has 0 bridgehead atoms. The standard InChI is InChI=1S/C20H20F2N2O4/c1-27-17-6-3-11(7-18(17)28-2)10-23-19(25)13-9-14(13)20(26)24-12-4-5-15(21)16(22)8-12/h3-8,13-14H,9-10H2,1-2H3,(H,23,25)(H,24,26). The van der Waals surface area contributed by atoms with Gasteiger partial charge in [0.2, 0.25) is 11.8 Å². The average molecular weight is 390 g/mol. The van der Waals surface area contributed by atoms with E-state index in [1.807, 2.05) is 6.07 Å². The number of methoxy groups -OCH3 is 2. The number of carbonyl (C=O) groups excluding carboxylic acids is 2. The number of carbonyl (C=O) groups is 2. The lowest BCUT2D eigenvalue weighted by Gasteiger charge is -2.10. The molecule has 0 aromatic heterocycles. The minimum Gasteiger partial charge on any atom is -0.493 e. The minimum atomic E-state index is -1.04. The van der Waals surface area contributed by atoms with Gasteiger partial charge in [0.05, 0.1) is 26.1 Å². The van der Waals surface area contributed by atoms with Gasteiger partial charge in [-0.2, -0.15) is 0 Å². The topological polar surface area (TPSA) is 76.7 Å². The van der Waals surface area contributed by atoms with Gasteiger partial charge >= 0.3 is 0 Å². The Morgan fingerprint density at radius 2 is 1.68 bits per heavy atom. The van der Waals surface area contributed by atoms with Crippen molar-refractivity contribution in [3.63, 3.8) is 0 Å². The highest BCUT2D eigenvalue weighted by molar-refractivity contribution is 5.99. The summed E-state index contributed by atoms with van der Waals surface area (Å²) in [7, 11) is 3.07. The summed E-state index contributed by atoms with van der Waals surface area (Å²) in [6.45, 7) is 0.285. The van der Waals surface area contributed by atoms with Gasteiger partial charge in [0.1, 0.15) is 0 Å². The fourth-order valence-electron chi connectivity index (χ4n) is 2.89. The van der Waals surface area contributed by atoms with Crippen molar-refractivity contribution in [2.75, 3.05) is 19.5 Å². The van der Waals surface area contributed by atoms with Crippen LogP contribution in [0.2, 0.25) is 0 Å². The van der Waals surface area contributed by atoms with Crippen molar-refractivity contribution in [1.29, 1.82) is 0 Å². The highest BCUT2D eigenvalue weighted by atomic mass is 19.2. The summed E-state index contributed by atoms with van der Waals surface area (Å²) < 4.78 is 36.5. The number of rotatable bonds is 7. The van der Waals surface area contributed by atoms with Crippen LogP contribution in [0.15, 0.2) is 36.4 Å². The van der Waals surface area contributed by atoms with E-state index in [9.17, 15) is 18.4 Å². The van der Waals surface area contributed by atoms with E-state index in [0.29, 0.717) is 17.9 Å². The van der Waals surface area contributed by atoms with Gasteiger partial charge in [-0.15, -0.1) is 0 Å². The molecule has 0 saturated heterocycles. The van der Waals surface area contributed by atoms with Crippen molar-refractivity contribution in [3.8, 4) is 11.5 Å². The number of hydrogen-bond donors (Lipinski definition) is 2. The van der Waals surface area contributed by atoms with Crippen molar-refractivity contribution in [2.24, 2.45) is 11.8 Å². The van der Waals surface area contributed by atoms with Gasteiger partial charge in [-0.05, 0) is 36.2 Å². The molecule has 28 heavy (non-hydrogen) atoms. The van der Waals surface area contributed by atoms with Gasteiger partial charge in [-0.1, -0.05) is 6.07 Å². The molecule has 6 nitrogen and oxygen atoms in total. The van der Waals surface area contributed by atoms with E-state index < -0.39 is 29.4 Å². The summed E-state index contributed by atoms with van der Waals surface area (Å²) in [5, 5.41) is 5.29. The Labute approximate surface area is 160 Å². The number of hydrogen-bond acceptors (Lipinski definition) is 4. The Bertz CT molecular complexity index is 904. The predicted molar refractivity (Wildman–Crippen MR) is 98.0 cm³/mol. The highest BCUT2D eigenvalue weighted by Crippen LogP contribution is 2.39. The van der Waals surface area contributed by atoms with Crippen LogP contribution in [0.1, 0.15) is 12.0 Å². The second kappa shape index (κ2) is 8.24. The summed E-state index contributed by atoms with van der Waals surface area (Å²) in [6.07, 6.45) is 0.410. The lowest BCUT2D eigenvalue weighted by atomic mass is 10.2. The number of amides is 2. The molecule has 1 saturated carbocycles. The van der Waals surface area contributed by atoms with Crippen molar-refractivity contribution in [3.05, 3.63) is 53.6 Å². The van der Waals surface area contributed by atoms with Gasteiger partial charge in [-0.25, -0.2) is 8.78 Å². The smallest absolute Gasteiger partial charge is 0.228 e. The second-order valence-electron chi connectivity index (χ2n) is 6.47. The monoisotopic (exact) mass is 390 g/mol. The molecule has 1 fully saturated rings. The highest BCUT2D eigenvalue weighted by Gasteiger charge is 2.47. The molecule has 2 aromatic rings. The van der Waals surface area contributed by atoms with E-state index >= 15 is 0 Å². The third kappa shape index (κ3) is 4.39. The zero-order valence-electron chi connectivity index (χ0n) is 15.4. The molecule has 8 heteroatoms. The lowest BCUT2D eigenvalue weighted by Crippen LogP contribution is -2.27. The molecule has 2 aromatic carbocycles. The number of anilines is 1. The number of ether oxygens (including phenoxy) is 2. The maximum Gasteiger partial charge on any atom is 0.228 e. The molecule has 1 aliphatic carbocycles. The maximum atomic E-state index is 13.2. The average Bonchev–Trinajstić information content (AvgIpc) is 3.49. The second-order valence-corrected chi connectivity index (χ2v) is 6.47. The molecule has 0 aliphatic heterocycles. The fraction of sp³-hybridized carbons (Fsp3) is 0.300. The van der Waals surface area contributed by atoms with Gasteiger partial charge in [0, 0.05) is 18.3 Å². The van der Waals surface area contributed by atoms with Gasteiger partial charge in [0.25, 0.3) is 0 Å². The summed E-state index contributed by atoms with van der Waals surface area (Å²) in [6, 6.07) is 8.42. The molecule has 3 rings (SSSR count). The Balaban J connectivity index is 1.51. The molecule has 148 valence electrons. The van der Waals surface area contributed by atoms with E-state index in [0.717, 1.165) is 17.7 Å². The van der Waals surface area contributed by atoms with Crippen LogP contribution < -0.4 is 20.1 Å². The van der Waals surface area contributed by atoms with Crippen LogP contribution in [-0.4, -0.2) is 26.0 Å². The SMILES string of the molecule is COc1ccc(CNC(=O)C2CC2C(=O)Nc2ccc(F)c(F)c2)cc1OC. The Morgan fingerprint density at radius 3 is 2.36 bits per heavy atom. The Morgan fingerprint density at radius 1 is 0.964 bits per heavy atom. The van der Waals surface area contributed by atoms with E-state index in [1.165, 1.54) is 20.3 Å². The molecular weight excluding hydrogens is 370 g/mol. The first-order valence-electron chi connectivity index (χ1n) is 8.67. The van der Waals surface area contributed by atoms with Gasteiger partial charge in [-0.3, -0.25) is 9.59 Å². The van der Waals surface area contributed by atoms with Crippen LogP contribution in [0.3, 0.4) is 0 Å². The quantitative estimate of drug-likeness (QED) is 0.762. The molecule has 0 spiro atoms. The first-order valence-corrected chi connectivity index (χ1v) is 8.67. The van der Waals surface area contributed by atoms with Crippen LogP contribution in [0, 0.1) is 23.5 Å². The molecule has 1 aliphatic rings. The van der Waals surface area contributed by atoms with E-state index in [4.69, 9.17) is 9.47 Å². The summed E-state index contributed by atoms with van der Waals surface area (Å²) in [5.41, 5.74) is 0.981. The summed E-state index contributed by atoms with van der Waals surface area (Å²) in [5.74, 6) is -2.44. The van der Waals surface area contributed by atoms with Crippen LogP contribution in [0.25, 0.3) is 0 Å². The number of nitrogens with one attached hydrogen (secondary N) is 2. The maximum absolute atomic E-state index is 13.2. The van der Waals surface area contributed by atoms with E-state index in [-0.39, 0.29) is 18.1 Å². The van der Waals surface area contributed by atoms with Crippen molar-refractivity contribution in [2.45, 2.75) is 13.0 Å². The molecule has 0 heterocycles. The van der Waals surface area contributed by atoms with Crippen LogP contribution >= 0.6 is 0 Å². The zero-order chi connectivity index (χ0) is 20.3. The molecule has 0 radical (unpaired) electrons. The summed E-state index contributed by atoms with van der Waals surface area (Å²) >= 11 is 0. The lowest BCUT2D eigenvalue weighted by molar-refractivity contribution is -0.125. The normalized spacial score (nSPS) is 17.6. The first-order chi connectivity index (χ1) is 13.4. The zero-order valence-corrected chi connectivity index (χ0v) is 15.4. The molecular formula is C20H20F2N2O4. The van der Waals surface area contributed by atoms with Gasteiger partial charge in [0.15, 0.2) is 23.1 Å². The molecule has 2 N–H and O–H groups in total. The predicted octanol–water partition coefficient (Wildman–Crippen LogP) is 2.87. The minimum absolute atomic E-state index is 0.153. The van der Waals surface area contributed by atoms with E-state index in [1.54, 1.807) is 12.1 Å². The van der Waals surface area contributed by atoms with Crippen LogP contribution in [0.5, 0.6) is 11.5 Å². The molecule has 2 amide bonds. The van der Waals surface area contributed by atoms with Crippen molar-refractivity contribution in [1.82, 2.24) is 5.32 Å². The largest absolute Gasteiger partial charge is 0.493 e. The third-order valence-corrected chi connectivity index (χ3v) is 4.57. The first kappa shape index (κ1) is 19.6. The Kier molecular flexibility index (Phi) is 5.77. The van der Waals surface area contributed by atoms with Gasteiger partial charge < -0.3 is 20.1 Å². The van der Waals surface area contributed by atoms with Crippen molar-refractivity contribution >= 4 is 17.5 Å². The van der Waals surface area contributed by atoms with Crippen molar-refractivity contribution < 1.29 is 27.8 Å². The molecule has 2 unspecified atom stereocenters. The fourth-order valence-corrected chi connectivity index (χ4v) is 2.89. The Hall–Kier alpha value is -3.16. The third-order valence-electron chi connectivity index (χ3n) is 4.57.